The van der Waals surface area contributed by atoms with Crippen LogP contribution in [0.1, 0.15) is 22.3 Å². The topological polar surface area (TPSA) is 17.6 Å². The van der Waals surface area contributed by atoms with Gasteiger partial charge in [0.2, 0.25) is 0 Å². The van der Waals surface area contributed by atoms with E-state index in [9.17, 15) is 0 Å². The predicted octanol–water partition coefficient (Wildman–Crippen LogP) is 10.4. The van der Waals surface area contributed by atoms with E-state index in [2.05, 4.69) is 215 Å². The second-order valence-electron chi connectivity index (χ2n) is 14.5. The summed E-state index contributed by atoms with van der Waals surface area (Å²) < 4.78 is 9.80. The van der Waals surface area contributed by atoms with Crippen molar-refractivity contribution in [3.63, 3.8) is 0 Å². The summed E-state index contributed by atoms with van der Waals surface area (Å²) in [6.07, 6.45) is 4.67. The fourth-order valence-corrected chi connectivity index (χ4v) is 9.00. The third-order valence-electron chi connectivity index (χ3n) is 11.4. The average Bonchev–Trinajstić information content (AvgIpc) is 3.88. The van der Waals surface area contributed by atoms with Gasteiger partial charge in [0.1, 0.15) is 11.4 Å². The number of hydrogen-bond donors (Lipinski definition) is 0. The number of rotatable bonds is 4. The van der Waals surface area contributed by atoms with Crippen LogP contribution in [-0.2, 0) is 5.66 Å². The van der Waals surface area contributed by atoms with E-state index in [1.54, 1.807) is 0 Å². The quantitative estimate of drug-likeness (QED) is 0.165. The molecule has 0 spiro atoms. The van der Waals surface area contributed by atoms with Crippen molar-refractivity contribution in [3.05, 3.63) is 205 Å². The van der Waals surface area contributed by atoms with E-state index < -0.39 is 5.66 Å². The Kier molecular flexibility index (Phi) is 6.27. The normalized spacial score (nSPS) is 13.2. The van der Waals surface area contributed by atoms with Crippen LogP contribution in [0.4, 0.5) is 0 Å². The van der Waals surface area contributed by atoms with E-state index in [4.69, 9.17) is 0 Å². The molecule has 0 unspecified atom stereocenters. The molecule has 2 aromatic heterocycles. The van der Waals surface area contributed by atoms with Gasteiger partial charge in [-0.3, -0.25) is 0 Å². The summed E-state index contributed by atoms with van der Waals surface area (Å²) in [5.41, 5.74) is 13.6. The van der Waals surface area contributed by atoms with Gasteiger partial charge in [-0.05, 0) is 96.1 Å². The summed E-state index contributed by atoms with van der Waals surface area (Å²) in [6.45, 7) is 4.29. The number of imidazole rings is 2. The van der Waals surface area contributed by atoms with Crippen molar-refractivity contribution in [2.75, 3.05) is 0 Å². The SMILES string of the molecule is Cc1ccc(-n2c[n+](C3([n+]4cn(-c5ccc(C)cc5)c5ccccc54)c4ccc5ccccc5c4-c4c3ccc3ccccc43)c3ccccc32)cc1. The molecule has 0 saturated carbocycles. The lowest BCUT2D eigenvalue weighted by atomic mass is 9.93. The van der Waals surface area contributed by atoms with Gasteiger partial charge in [0, 0.05) is 11.1 Å². The Bertz CT molecular complexity index is 2860. The molecule has 0 radical (unpaired) electrons. The monoisotopic (exact) mass is 680 g/mol. The van der Waals surface area contributed by atoms with Gasteiger partial charge in [0.15, 0.2) is 22.1 Å². The molecule has 10 aromatic rings. The van der Waals surface area contributed by atoms with Gasteiger partial charge in [-0.15, -0.1) is 0 Å². The summed E-state index contributed by atoms with van der Waals surface area (Å²) >= 11 is 0. The van der Waals surface area contributed by atoms with Crippen LogP contribution in [0.15, 0.2) is 183 Å². The highest BCUT2D eigenvalue weighted by atomic mass is 15.3. The second-order valence-corrected chi connectivity index (χ2v) is 14.5. The Morgan fingerprint density at radius 2 is 0.792 bits per heavy atom. The first-order valence-corrected chi connectivity index (χ1v) is 18.3. The van der Waals surface area contributed by atoms with Crippen LogP contribution < -0.4 is 9.13 Å². The number of nitrogens with zero attached hydrogens (tertiary/aromatic N) is 4. The first-order valence-electron chi connectivity index (χ1n) is 18.3. The maximum atomic E-state index is 2.54. The number of benzene rings is 8. The van der Waals surface area contributed by atoms with E-state index in [1.165, 1.54) is 54.9 Å². The molecule has 4 heteroatoms. The highest BCUT2D eigenvalue weighted by molar-refractivity contribution is 6.10. The van der Waals surface area contributed by atoms with Gasteiger partial charge >= 0.3 is 5.66 Å². The molecule has 1 aliphatic rings. The van der Waals surface area contributed by atoms with Crippen LogP contribution in [0.5, 0.6) is 0 Å². The van der Waals surface area contributed by atoms with E-state index in [1.807, 2.05) is 0 Å². The summed E-state index contributed by atoms with van der Waals surface area (Å²) in [6, 6.07) is 62.6. The molecule has 1 aliphatic carbocycles. The summed E-state index contributed by atoms with van der Waals surface area (Å²) in [5.74, 6) is 0. The van der Waals surface area contributed by atoms with Gasteiger partial charge in [0.05, 0.1) is 11.1 Å². The summed E-state index contributed by atoms with van der Waals surface area (Å²) in [5, 5.41) is 4.99. The molecule has 53 heavy (non-hydrogen) atoms. The lowest BCUT2D eigenvalue weighted by Crippen LogP contribution is -2.73. The number of aromatic nitrogens is 4. The van der Waals surface area contributed by atoms with Gasteiger partial charge in [-0.2, -0.15) is 18.3 Å². The van der Waals surface area contributed by atoms with E-state index in [0.29, 0.717) is 0 Å². The second kappa shape index (κ2) is 11.1. The highest BCUT2D eigenvalue weighted by Gasteiger charge is 2.57. The largest absolute Gasteiger partial charge is 0.307 e. The zero-order valence-corrected chi connectivity index (χ0v) is 29.6. The molecular formula is C49H36N4+2. The molecule has 0 amide bonds. The summed E-state index contributed by atoms with van der Waals surface area (Å²) in [4.78, 5) is 0. The lowest BCUT2D eigenvalue weighted by molar-refractivity contribution is -0.950. The first-order chi connectivity index (χ1) is 26.1. The maximum Gasteiger partial charge on any atom is 0.307 e. The molecule has 11 rings (SSSR count). The third kappa shape index (κ3) is 4.12. The molecule has 0 N–H and O–H groups in total. The van der Waals surface area contributed by atoms with Crippen LogP contribution in [0.25, 0.3) is 66.1 Å². The molecular weight excluding hydrogens is 645 g/mol. The molecule has 0 aliphatic heterocycles. The van der Waals surface area contributed by atoms with E-state index in [-0.39, 0.29) is 0 Å². The fourth-order valence-electron chi connectivity index (χ4n) is 9.00. The van der Waals surface area contributed by atoms with Crippen LogP contribution in [0.3, 0.4) is 0 Å². The standard InChI is InChI=1S/C49H36N4/c1-33-19-25-37(26-20-33)50-31-52(45-17-9-7-15-43(45)50)49(53-32-51(38-27-21-34(2)22-28-38)44-16-8-10-18-46(44)53)41-29-23-35-11-3-5-13-39(35)47(41)48-40-14-6-4-12-36(40)24-30-42(48)49/h3-32H,1-2H3/q+2. The highest BCUT2D eigenvalue weighted by Crippen LogP contribution is 2.52. The van der Waals surface area contributed by atoms with Crippen molar-refractivity contribution in [1.29, 1.82) is 0 Å². The minimum Gasteiger partial charge on any atom is -0.195 e. The molecule has 2 heterocycles. The van der Waals surface area contributed by atoms with E-state index in [0.717, 1.165) is 33.4 Å². The number of aryl methyl sites for hydroxylation is 2. The van der Waals surface area contributed by atoms with Crippen molar-refractivity contribution in [3.8, 4) is 22.5 Å². The molecule has 0 atom stereocenters. The smallest absolute Gasteiger partial charge is 0.195 e. The fraction of sp³-hybridized carbons (Fsp3) is 0.0612. The molecule has 0 bridgehead atoms. The maximum absolute atomic E-state index is 2.54. The first kappa shape index (κ1) is 29.9. The van der Waals surface area contributed by atoms with Crippen LogP contribution in [0, 0.1) is 13.8 Å². The van der Waals surface area contributed by atoms with Gasteiger partial charge in [0.25, 0.3) is 12.7 Å². The Balaban J connectivity index is 1.38. The molecule has 0 saturated heterocycles. The van der Waals surface area contributed by atoms with Gasteiger partial charge in [-0.25, -0.2) is 0 Å². The minimum atomic E-state index is -0.816. The van der Waals surface area contributed by atoms with Gasteiger partial charge in [-0.1, -0.05) is 120 Å². The summed E-state index contributed by atoms with van der Waals surface area (Å²) in [7, 11) is 0. The Hall–Kier alpha value is -6.78. The number of fused-ring (bicyclic) bond motifs is 9. The number of hydrogen-bond acceptors (Lipinski definition) is 0. The number of para-hydroxylation sites is 4. The van der Waals surface area contributed by atoms with Crippen molar-refractivity contribution in [1.82, 2.24) is 9.13 Å². The van der Waals surface area contributed by atoms with Crippen molar-refractivity contribution in [2.24, 2.45) is 0 Å². The Morgan fingerprint density at radius 3 is 1.25 bits per heavy atom. The zero-order chi connectivity index (χ0) is 35.3. The van der Waals surface area contributed by atoms with Crippen LogP contribution in [0.2, 0.25) is 0 Å². The zero-order valence-electron chi connectivity index (χ0n) is 29.6. The predicted molar refractivity (Wildman–Crippen MR) is 215 cm³/mol. The Morgan fingerprint density at radius 1 is 0.396 bits per heavy atom. The van der Waals surface area contributed by atoms with Gasteiger partial charge < -0.3 is 0 Å². The van der Waals surface area contributed by atoms with Crippen LogP contribution >= 0.6 is 0 Å². The molecule has 0 fully saturated rings. The molecule has 8 aromatic carbocycles. The van der Waals surface area contributed by atoms with Crippen molar-refractivity contribution < 1.29 is 9.13 Å². The third-order valence-corrected chi connectivity index (χ3v) is 11.4. The molecule has 250 valence electrons. The van der Waals surface area contributed by atoms with Crippen molar-refractivity contribution in [2.45, 2.75) is 19.5 Å². The van der Waals surface area contributed by atoms with Crippen molar-refractivity contribution >= 4 is 43.6 Å². The minimum absolute atomic E-state index is 0.816. The van der Waals surface area contributed by atoms with E-state index >= 15 is 0 Å². The van der Waals surface area contributed by atoms with Crippen LogP contribution in [-0.4, -0.2) is 9.13 Å². The average molecular weight is 681 g/mol. The lowest BCUT2D eigenvalue weighted by Gasteiger charge is -2.26. The molecule has 4 nitrogen and oxygen atoms in total. The Labute approximate surface area is 307 Å².